The van der Waals surface area contributed by atoms with E-state index in [1.54, 1.807) is 0 Å². The van der Waals surface area contributed by atoms with Crippen LogP contribution in [0.15, 0.2) is 122 Å². The van der Waals surface area contributed by atoms with E-state index in [2.05, 4.69) is 130 Å². The fourth-order valence-electron chi connectivity index (χ4n) is 6.95. The van der Waals surface area contributed by atoms with Gasteiger partial charge in [0.15, 0.2) is 6.10 Å². The minimum absolute atomic E-state index is 0.117. The van der Waals surface area contributed by atoms with Crippen LogP contribution in [0.3, 0.4) is 0 Å². The smallest absolute Gasteiger partial charge is 0.306 e. The van der Waals surface area contributed by atoms with Gasteiger partial charge in [0.05, 0.1) is 0 Å². The van der Waals surface area contributed by atoms with Crippen LogP contribution in [0.2, 0.25) is 0 Å². The lowest BCUT2D eigenvalue weighted by molar-refractivity contribution is -0.166. The molecule has 67 heavy (non-hydrogen) atoms. The molecule has 0 aromatic carbocycles. The van der Waals surface area contributed by atoms with E-state index in [0.29, 0.717) is 19.3 Å². The number of esters is 3. The highest BCUT2D eigenvalue weighted by Gasteiger charge is 2.19. The van der Waals surface area contributed by atoms with Gasteiger partial charge in [-0.15, -0.1) is 0 Å². The predicted octanol–water partition coefficient (Wildman–Crippen LogP) is 18.1. The first-order chi connectivity index (χ1) is 33.0. The number of carbonyl (C=O) groups is 3. The van der Waals surface area contributed by atoms with Crippen LogP contribution in [0.1, 0.15) is 226 Å². The number of rotatable bonds is 47. The summed E-state index contributed by atoms with van der Waals surface area (Å²) in [4.78, 5) is 38.0. The van der Waals surface area contributed by atoms with E-state index in [1.165, 1.54) is 51.4 Å². The molecule has 6 nitrogen and oxygen atoms in total. The summed E-state index contributed by atoms with van der Waals surface area (Å²) in [6.07, 6.45) is 74.8. The van der Waals surface area contributed by atoms with E-state index in [1.807, 2.05) is 12.2 Å². The molecule has 0 amide bonds. The maximum atomic E-state index is 12.8. The lowest BCUT2D eigenvalue weighted by Gasteiger charge is -2.18. The number of ether oxygens (including phenoxy) is 3. The van der Waals surface area contributed by atoms with Crippen LogP contribution < -0.4 is 0 Å². The Bertz CT molecular complexity index is 1440. The Labute approximate surface area is 412 Å². The van der Waals surface area contributed by atoms with E-state index in [4.69, 9.17) is 14.2 Å². The first-order valence-electron chi connectivity index (χ1n) is 27.0. The second-order valence-corrected chi connectivity index (χ2v) is 17.4. The topological polar surface area (TPSA) is 78.9 Å². The average Bonchev–Trinajstić information content (AvgIpc) is 3.33. The Hall–Kier alpha value is -4.19. The molecule has 1 atom stereocenters. The number of unbranched alkanes of at least 4 members (excludes halogenated alkanes) is 16. The molecule has 0 rings (SSSR count). The molecule has 0 saturated carbocycles. The van der Waals surface area contributed by atoms with Gasteiger partial charge in [-0.25, -0.2) is 0 Å². The Morgan fingerprint density at radius 1 is 0.313 bits per heavy atom. The average molecular weight is 927 g/mol. The number of hydrogen-bond donors (Lipinski definition) is 0. The van der Waals surface area contributed by atoms with Crippen molar-refractivity contribution in [3.8, 4) is 0 Å². The number of hydrogen-bond acceptors (Lipinski definition) is 6. The van der Waals surface area contributed by atoms with Gasteiger partial charge >= 0.3 is 17.9 Å². The van der Waals surface area contributed by atoms with Crippen LogP contribution in [0.4, 0.5) is 0 Å². The zero-order valence-corrected chi connectivity index (χ0v) is 43.1. The third-order valence-electron chi connectivity index (χ3n) is 10.9. The maximum absolute atomic E-state index is 12.8. The van der Waals surface area contributed by atoms with Crippen LogP contribution in [-0.4, -0.2) is 37.2 Å². The molecule has 0 bridgehead atoms. The second kappa shape index (κ2) is 54.4. The molecule has 0 unspecified atom stereocenters. The molecule has 0 fully saturated rings. The third kappa shape index (κ3) is 52.6. The predicted molar refractivity (Wildman–Crippen MR) is 288 cm³/mol. The lowest BCUT2D eigenvalue weighted by atomic mass is 10.1. The molecule has 0 saturated heterocycles. The Balaban J connectivity index is 4.56. The normalized spacial score (nSPS) is 13.1. The molecule has 0 spiro atoms. The molecular weight excluding hydrogens is 829 g/mol. The van der Waals surface area contributed by atoms with Gasteiger partial charge in [0, 0.05) is 19.3 Å². The van der Waals surface area contributed by atoms with Crippen LogP contribution >= 0.6 is 0 Å². The van der Waals surface area contributed by atoms with Gasteiger partial charge in [-0.05, 0) is 116 Å². The molecule has 6 heteroatoms. The van der Waals surface area contributed by atoms with Crippen molar-refractivity contribution in [2.24, 2.45) is 0 Å². The monoisotopic (exact) mass is 927 g/mol. The molecule has 0 aromatic rings. The Morgan fingerprint density at radius 3 is 1.01 bits per heavy atom. The summed E-state index contributed by atoms with van der Waals surface area (Å²) in [6, 6.07) is 0. The van der Waals surface area contributed by atoms with Crippen molar-refractivity contribution >= 4 is 17.9 Å². The molecular formula is C61H98O6. The highest BCUT2D eigenvalue weighted by molar-refractivity contribution is 5.71. The van der Waals surface area contributed by atoms with Crippen molar-refractivity contribution in [3.05, 3.63) is 122 Å². The van der Waals surface area contributed by atoms with Crippen LogP contribution in [0.25, 0.3) is 0 Å². The summed E-state index contributed by atoms with van der Waals surface area (Å²) >= 11 is 0. The van der Waals surface area contributed by atoms with Gasteiger partial charge in [-0.1, -0.05) is 213 Å². The highest BCUT2D eigenvalue weighted by Crippen LogP contribution is 2.13. The third-order valence-corrected chi connectivity index (χ3v) is 10.9. The fraction of sp³-hybridized carbons (Fsp3) is 0.623. The number of allylic oxidation sites excluding steroid dienone is 20. The van der Waals surface area contributed by atoms with Crippen LogP contribution in [0, 0.1) is 0 Å². The second-order valence-electron chi connectivity index (χ2n) is 17.4. The molecule has 378 valence electrons. The van der Waals surface area contributed by atoms with E-state index in [-0.39, 0.29) is 37.5 Å². The summed E-state index contributed by atoms with van der Waals surface area (Å²) in [5.74, 6) is -1.03. The van der Waals surface area contributed by atoms with Crippen molar-refractivity contribution in [3.63, 3.8) is 0 Å². The van der Waals surface area contributed by atoms with E-state index in [0.717, 1.165) is 128 Å². The highest BCUT2D eigenvalue weighted by atomic mass is 16.6. The Kier molecular flexibility index (Phi) is 51.0. The number of carbonyl (C=O) groups excluding carboxylic acids is 3. The van der Waals surface area contributed by atoms with Crippen molar-refractivity contribution in [1.29, 1.82) is 0 Å². The molecule has 0 heterocycles. The molecule has 0 aliphatic carbocycles. The summed E-state index contributed by atoms with van der Waals surface area (Å²) in [6.45, 7) is 6.31. The molecule has 0 aliphatic rings. The maximum Gasteiger partial charge on any atom is 0.306 e. The fourth-order valence-corrected chi connectivity index (χ4v) is 6.95. The first kappa shape index (κ1) is 62.8. The van der Waals surface area contributed by atoms with Crippen LogP contribution in [-0.2, 0) is 28.6 Å². The van der Waals surface area contributed by atoms with Crippen molar-refractivity contribution < 1.29 is 28.6 Å². The largest absolute Gasteiger partial charge is 0.462 e. The first-order valence-corrected chi connectivity index (χ1v) is 27.0. The van der Waals surface area contributed by atoms with E-state index < -0.39 is 6.10 Å². The lowest BCUT2D eigenvalue weighted by Crippen LogP contribution is -2.30. The van der Waals surface area contributed by atoms with Gasteiger partial charge in [0.25, 0.3) is 0 Å². The molecule has 0 radical (unpaired) electrons. The van der Waals surface area contributed by atoms with Gasteiger partial charge < -0.3 is 14.2 Å². The summed E-state index contributed by atoms with van der Waals surface area (Å²) < 4.78 is 16.7. The summed E-state index contributed by atoms with van der Waals surface area (Å²) in [7, 11) is 0. The molecule has 0 aliphatic heterocycles. The quantitative estimate of drug-likeness (QED) is 0.0262. The molecule has 0 aromatic heterocycles. The van der Waals surface area contributed by atoms with Crippen molar-refractivity contribution in [2.75, 3.05) is 13.2 Å². The summed E-state index contributed by atoms with van der Waals surface area (Å²) in [5.41, 5.74) is 0. The summed E-state index contributed by atoms with van der Waals surface area (Å²) in [5, 5.41) is 0. The zero-order chi connectivity index (χ0) is 48.6. The van der Waals surface area contributed by atoms with Gasteiger partial charge in [-0.3, -0.25) is 14.4 Å². The minimum Gasteiger partial charge on any atom is -0.462 e. The standard InChI is InChI=1S/C61H98O6/c1-4-7-10-13-16-19-22-25-28-29-30-31-34-36-39-42-45-48-51-54-60(63)66-57-58(67-61(64)55-52-49-46-43-40-37-33-27-24-21-18-15-12-9-6-3)56-65-59(62)53-50-47-44-41-38-35-32-26-23-20-17-14-11-8-5-2/h7-8,10-11,16-17,19-20,25-28,30-33,36,39,45,48,58H,4-6,9,12-15,18,21-24,29,34-35,37-38,40-44,46-47,49-57H2,1-3H3/b10-7-,11-8-,19-16-,20-17-,28-25-,31-30-,32-26-,33-27-,39-36-,48-45-/t58-/m0/s1. The Morgan fingerprint density at radius 2 is 0.612 bits per heavy atom. The van der Waals surface area contributed by atoms with Crippen LogP contribution in [0.5, 0.6) is 0 Å². The molecule has 0 N–H and O–H groups in total. The van der Waals surface area contributed by atoms with Crippen molar-refractivity contribution in [1.82, 2.24) is 0 Å². The van der Waals surface area contributed by atoms with Gasteiger partial charge in [0.2, 0.25) is 0 Å². The zero-order valence-electron chi connectivity index (χ0n) is 43.1. The van der Waals surface area contributed by atoms with Gasteiger partial charge in [0.1, 0.15) is 13.2 Å². The van der Waals surface area contributed by atoms with Gasteiger partial charge in [-0.2, -0.15) is 0 Å². The van der Waals surface area contributed by atoms with E-state index >= 15 is 0 Å². The minimum atomic E-state index is -0.823. The van der Waals surface area contributed by atoms with Crippen molar-refractivity contribution in [2.45, 2.75) is 232 Å². The SMILES string of the molecule is CC/C=C\C/C=C\C/C=C\C/C=C\C/C=C\C/C=C\CCC(=O)OC[C@H](COC(=O)CCCCCCC/C=C\C/C=C\C/C=C\CC)OC(=O)CCCCCCC/C=C\CCCCCCCC. The van der Waals surface area contributed by atoms with E-state index in [9.17, 15) is 14.4 Å².